The van der Waals surface area contributed by atoms with Crippen molar-refractivity contribution in [3.8, 4) is 0 Å². The molecule has 3 rings (SSSR count). The molecule has 0 aromatic heterocycles. The first-order chi connectivity index (χ1) is 8.75. The molecule has 0 spiro atoms. The van der Waals surface area contributed by atoms with Gasteiger partial charge in [-0.05, 0) is 17.5 Å². The highest BCUT2D eigenvalue weighted by Crippen LogP contribution is 2.35. The van der Waals surface area contributed by atoms with Crippen LogP contribution >= 0.6 is 0 Å². The molecule has 1 aromatic rings. The van der Waals surface area contributed by atoms with Crippen molar-refractivity contribution in [3.05, 3.63) is 35.4 Å². The van der Waals surface area contributed by atoms with Gasteiger partial charge in [0.05, 0.1) is 19.1 Å². The minimum absolute atomic E-state index is 0.169. The highest BCUT2D eigenvalue weighted by atomic mass is 16.5. The molecule has 2 aliphatic rings. The van der Waals surface area contributed by atoms with E-state index in [-0.39, 0.29) is 12.0 Å². The van der Waals surface area contributed by atoms with Gasteiger partial charge in [0.15, 0.2) is 0 Å². The van der Waals surface area contributed by atoms with Crippen molar-refractivity contribution < 1.29 is 14.6 Å². The van der Waals surface area contributed by atoms with E-state index in [4.69, 9.17) is 9.84 Å². The number of hydrogen-bond donors (Lipinski definition) is 2. The zero-order valence-electron chi connectivity index (χ0n) is 10.1. The van der Waals surface area contributed by atoms with Gasteiger partial charge in [0, 0.05) is 18.5 Å². The Morgan fingerprint density at radius 3 is 2.56 bits per heavy atom. The van der Waals surface area contributed by atoms with Crippen molar-refractivity contribution in [3.63, 3.8) is 0 Å². The first-order valence-electron chi connectivity index (χ1n) is 6.38. The highest BCUT2D eigenvalue weighted by molar-refractivity contribution is 5.70. The fourth-order valence-corrected chi connectivity index (χ4v) is 2.78. The molecule has 0 bridgehead atoms. The average Bonchev–Trinajstić information content (AvgIpc) is 2.77. The van der Waals surface area contributed by atoms with E-state index in [1.54, 1.807) is 0 Å². The zero-order valence-corrected chi connectivity index (χ0v) is 10.1. The van der Waals surface area contributed by atoms with Crippen molar-refractivity contribution in [1.29, 1.82) is 0 Å². The summed E-state index contributed by atoms with van der Waals surface area (Å²) in [6.07, 6.45) is 0.680. The van der Waals surface area contributed by atoms with Gasteiger partial charge in [-0.2, -0.15) is 0 Å². The lowest BCUT2D eigenvalue weighted by atomic mass is 9.88. The quantitative estimate of drug-likeness (QED) is 0.850. The van der Waals surface area contributed by atoms with Crippen molar-refractivity contribution in [2.24, 2.45) is 5.92 Å². The zero-order chi connectivity index (χ0) is 12.5. The fraction of sp³-hybridized carbons (Fsp3) is 0.500. The van der Waals surface area contributed by atoms with Crippen LogP contribution in [0.1, 0.15) is 29.5 Å². The van der Waals surface area contributed by atoms with Gasteiger partial charge in [-0.3, -0.25) is 4.79 Å². The first-order valence-corrected chi connectivity index (χ1v) is 6.38. The molecule has 18 heavy (non-hydrogen) atoms. The topological polar surface area (TPSA) is 58.6 Å². The maximum atomic E-state index is 11.0. The summed E-state index contributed by atoms with van der Waals surface area (Å²) in [5.41, 5.74) is 2.56. The Labute approximate surface area is 106 Å². The number of carboxylic acids is 1. The van der Waals surface area contributed by atoms with Crippen molar-refractivity contribution in [2.45, 2.75) is 18.4 Å². The number of rotatable bonds is 3. The predicted octanol–water partition coefficient (Wildman–Crippen LogP) is 1.54. The lowest BCUT2D eigenvalue weighted by molar-refractivity contribution is -0.141. The van der Waals surface area contributed by atoms with Crippen LogP contribution in [0.25, 0.3) is 0 Å². The number of nitrogens with one attached hydrogen (secondary N) is 1. The second-order valence-corrected chi connectivity index (χ2v) is 5.09. The molecule has 0 saturated carbocycles. The molecular weight excluding hydrogens is 230 g/mol. The Bertz CT molecular complexity index is 456. The Morgan fingerprint density at radius 1 is 1.28 bits per heavy atom. The van der Waals surface area contributed by atoms with E-state index in [9.17, 15) is 4.79 Å². The standard InChI is InChI=1S/C14H17NO3/c16-14(17)9-5-13(15-6-9)12-4-2-1-3-11(12)10-7-18-8-10/h1-4,9-10,13,15H,5-8H2,(H,16,17). The van der Waals surface area contributed by atoms with Gasteiger partial charge in [-0.15, -0.1) is 0 Å². The number of aliphatic carboxylic acids is 1. The third kappa shape index (κ3) is 2.02. The third-order valence-corrected chi connectivity index (χ3v) is 3.93. The lowest BCUT2D eigenvalue weighted by Crippen LogP contribution is -2.27. The third-order valence-electron chi connectivity index (χ3n) is 3.93. The Balaban J connectivity index is 1.82. The van der Waals surface area contributed by atoms with Gasteiger partial charge in [0.25, 0.3) is 0 Å². The summed E-state index contributed by atoms with van der Waals surface area (Å²) in [5, 5.41) is 12.4. The van der Waals surface area contributed by atoms with Gasteiger partial charge in [0.2, 0.25) is 0 Å². The summed E-state index contributed by atoms with van der Waals surface area (Å²) in [6, 6.07) is 8.48. The molecule has 0 amide bonds. The van der Waals surface area contributed by atoms with Gasteiger partial charge < -0.3 is 15.2 Å². The molecule has 4 nitrogen and oxygen atoms in total. The number of carboxylic acid groups (broad SMARTS) is 1. The van der Waals surface area contributed by atoms with Crippen LogP contribution in [0.3, 0.4) is 0 Å². The van der Waals surface area contributed by atoms with Crippen LogP contribution < -0.4 is 5.32 Å². The Hall–Kier alpha value is -1.39. The molecule has 2 aliphatic heterocycles. The van der Waals surface area contributed by atoms with Crippen LogP contribution in [0.5, 0.6) is 0 Å². The SMILES string of the molecule is O=C(O)C1CNC(c2ccccc2C2COC2)C1. The molecular formula is C14H17NO3. The molecule has 2 unspecified atom stereocenters. The predicted molar refractivity (Wildman–Crippen MR) is 66.5 cm³/mol. The Morgan fingerprint density at radius 2 is 2.00 bits per heavy atom. The van der Waals surface area contributed by atoms with Gasteiger partial charge in [0.1, 0.15) is 0 Å². The normalized spacial score (nSPS) is 28.0. The van der Waals surface area contributed by atoms with Gasteiger partial charge >= 0.3 is 5.97 Å². The summed E-state index contributed by atoms with van der Waals surface area (Å²) in [4.78, 5) is 11.0. The number of ether oxygens (including phenoxy) is 1. The van der Waals surface area contributed by atoms with Crippen LogP contribution in [-0.2, 0) is 9.53 Å². The summed E-state index contributed by atoms with van der Waals surface area (Å²) in [6.45, 7) is 2.13. The summed E-state index contributed by atoms with van der Waals surface area (Å²) >= 11 is 0. The van der Waals surface area contributed by atoms with Crippen LogP contribution in [0.2, 0.25) is 0 Å². The monoisotopic (exact) mass is 247 g/mol. The van der Waals surface area contributed by atoms with Gasteiger partial charge in [-0.1, -0.05) is 24.3 Å². The molecule has 2 N–H and O–H groups in total. The number of carbonyl (C=O) groups is 1. The van der Waals surface area contributed by atoms with Crippen LogP contribution in [0, 0.1) is 5.92 Å². The largest absolute Gasteiger partial charge is 0.481 e. The molecule has 2 saturated heterocycles. The molecule has 0 radical (unpaired) electrons. The van der Waals surface area contributed by atoms with Crippen LogP contribution in [0.15, 0.2) is 24.3 Å². The van der Waals surface area contributed by atoms with E-state index >= 15 is 0 Å². The number of hydrogen-bond acceptors (Lipinski definition) is 3. The van der Waals surface area contributed by atoms with E-state index in [0.717, 1.165) is 13.2 Å². The smallest absolute Gasteiger partial charge is 0.307 e. The molecule has 2 atom stereocenters. The van der Waals surface area contributed by atoms with E-state index in [1.807, 2.05) is 12.1 Å². The lowest BCUT2D eigenvalue weighted by Gasteiger charge is -2.29. The van der Waals surface area contributed by atoms with Crippen LogP contribution in [-0.4, -0.2) is 30.8 Å². The molecule has 96 valence electrons. The summed E-state index contributed by atoms with van der Waals surface area (Å²) in [7, 11) is 0. The molecule has 2 fully saturated rings. The van der Waals surface area contributed by atoms with Crippen molar-refractivity contribution in [1.82, 2.24) is 5.32 Å². The summed E-state index contributed by atoms with van der Waals surface area (Å²) in [5.74, 6) is -0.484. The number of benzene rings is 1. The van der Waals surface area contributed by atoms with E-state index in [1.165, 1.54) is 11.1 Å². The second kappa shape index (κ2) is 4.71. The van der Waals surface area contributed by atoms with Crippen molar-refractivity contribution in [2.75, 3.05) is 19.8 Å². The maximum absolute atomic E-state index is 11.0. The van der Waals surface area contributed by atoms with E-state index in [2.05, 4.69) is 17.4 Å². The van der Waals surface area contributed by atoms with Gasteiger partial charge in [-0.25, -0.2) is 0 Å². The Kier molecular flexibility index (Phi) is 3.06. The molecule has 4 heteroatoms. The first kappa shape index (κ1) is 11.7. The second-order valence-electron chi connectivity index (χ2n) is 5.09. The van der Waals surface area contributed by atoms with E-state index in [0.29, 0.717) is 18.9 Å². The molecule has 2 heterocycles. The van der Waals surface area contributed by atoms with Crippen molar-refractivity contribution >= 4 is 5.97 Å². The minimum Gasteiger partial charge on any atom is -0.481 e. The molecule has 1 aromatic carbocycles. The molecule has 0 aliphatic carbocycles. The summed E-state index contributed by atoms with van der Waals surface area (Å²) < 4.78 is 5.25. The average molecular weight is 247 g/mol. The minimum atomic E-state index is -0.700. The van der Waals surface area contributed by atoms with Crippen LogP contribution in [0.4, 0.5) is 0 Å². The maximum Gasteiger partial charge on any atom is 0.307 e. The fourth-order valence-electron chi connectivity index (χ4n) is 2.78. The highest BCUT2D eigenvalue weighted by Gasteiger charge is 2.33. The van der Waals surface area contributed by atoms with E-state index < -0.39 is 5.97 Å².